The summed E-state index contributed by atoms with van der Waals surface area (Å²) in [7, 11) is 1.95. The Labute approximate surface area is 109 Å². The van der Waals surface area contributed by atoms with Crippen molar-refractivity contribution in [2.75, 3.05) is 7.05 Å². The van der Waals surface area contributed by atoms with Crippen LogP contribution in [0, 0.1) is 0 Å². The summed E-state index contributed by atoms with van der Waals surface area (Å²) >= 11 is 3.45. The first-order valence-corrected chi connectivity index (χ1v) is 6.33. The molecule has 0 aliphatic rings. The molecule has 0 aliphatic carbocycles. The number of benzene rings is 1. The average Bonchev–Trinajstić information content (AvgIpc) is 2.77. The third-order valence-electron chi connectivity index (χ3n) is 2.62. The normalized spacial score (nSPS) is 12.6. The van der Waals surface area contributed by atoms with Crippen LogP contribution in [0.25, 0.3) is 5.69 Å². The molecule has 1 N–H and O–H groups in total. The highest BCUT2D eigenvalue weighted by molar-refractivity contribution is 9.10. The van der Waals surface area contributed by atoms with Crippen molar-refractivity contribution in [3.8, 4) is 5.69 Å². The second-order valence-electron chi connectivity index (χ2n) is 4.03. The lowest BCUT2D eigenvalue weighted by Gasteiger charge is -2.05. The van der Waals surface area contributed by atoms with Gasteiger partial charge >= 0.3 is 0 Å². The molecule has 0 spiro atoms. The zero-order valence-electron chi connectivity index (χ0n) is 9.89. The Morgan fingerprint density at radius 1 is 1.47 bits per heavy atom. The van der Waals surface area contributed by atoms with Crippen molar-refractivity contribution in [3.05, 3.63) is 40.6 Å². The molecular weight excluding hydrogens is 280 g/mol. The van der Waals surface area contributed by atoms with Crippen molar-refractivity contribution >= 4 is 15.9 Å². The Balaban J connectivity index is 2.18. The summed E-state index contributed by atoms with van der Waals surface area (Å²) in [4.78, 5) is 0. The van der Waals surface area contributed by atoms with Crippen LogP contribution in [-0.2, 0) is 6.42 Å². The van der Waals surface area contributed by atoms with Crippen molar-refractivity contribution in [2.24, 2.45) is 0 Å². The largest absolute Gasteiger partial charge is 0.317 e. The fraction of sp³-hybridized carbons (Fsp3) is 0.333. The minimum absolute atomic E-state index is 0.405. The lowest BCUT2D eigenvalue weighted by molar-refractivity contribution is 0.599. The van der Waals surface area contributed by atoms with Crippen molar-refractivity contribution in [1.29, 1.82) is 0 Å². The van der Waals surface area contributed by atoms with E-state index in [1.807, 2.05) is 37.5 Å². The van der Waals surface area contributed by atoms with E-state index in [-0.39, 0.29) is 0 Å². The standard InChI is InChI=1S/C12H15BrN4/c1-9(14-2)6-11-8-17(16-15-11)12-5-3-4-10(13)7-12/h3-5,7-9,14H,6H2,1-2H3. The molecule has 1 atom stereocenters. The van der Waals surface area contributed by atoms with Gasteiger partial charge < -0.3 is 5.32 Å². The molecule has 0 radical (unpaired) electrons. The van der Waals surface area contributed by atoms with E-state index in [4.69, 9.17) is 0 Å². The quantitative estimate of drug-likeness (QED) is 0.940. The van der Waals surface area contributed by atoms with Gasteiger partial charge in [0.05, 0.1) is 17.6 Å². The lowest BCUT2D eigenvalue weighted by Crippen LogP contribution is -2.23. The number of nitrogens with one attached hydrogen (secondary N) is 1. The van der Waals surface area contributed by atoms with E-state index < -0.39 is 0 Å². The number of aromatic nitrogens is 3. The van der Waals surface area contributed by atoms with Crippen LogP contribution in [0.3, 0.4) is 0 Å². The van der Waals surface area contributed by atoms with Gasteiger partial charge in [0.2, 0.25) is 0 Å². The molecule has 1 unspecified atom stereocenters. The second kappa shape index (κ2) is 5.42. The van der Waals surface area contributed by atoms with Crippen molar-refractivity contribution in [3.63, 3.8) is 0 Å². The van der Waals surface area contributed by atoms with Gasteiger partial charge in [0.15, 0.2) is 0 Å². The number of hydrogen-bond donors (Lipinski definition) is 1. The van der Waals surface area contributed by atoms with E-state index in [2.05, 4.69) is 38.5 Å². The summed E-state index contributed by atoms with van der Waals surface area (Å²) in [5.74, 6) is 0. The summed E-state index contributed by atoms with van der Waals surface area (Å²) in [5, 5.41) is 11.5. The number of halogens is 1. The smallest absolute Gasteiger partial charge is 0.0847 e. The fourth-order valence-corrected chi connectivity index (χ4v) is 1.94. The lowest BCUT2D eigenvalue weighted by atomic mass is 10.2. The zero-order valence-corrected chi connectivity index (χ0v) is 11.5. The van der Waals surface area contributed by atoms with Gasteiger partial charge in [-0.1, -0.05) is 27.2 Å². The van der Waals surface area contributed by atoms with E-state index in [0.29, 0.717) is 6.04 Å². The Kier molecular flexibility index (Phi) is 3.91. The zero-order chi connectivity index (χ0) is 12.3. The van der Waals surface area contributed by atoms with Crippen LogP contribution in [0.15, 0.2) is 34.9 Å². The monoisotopic (exact) mass is 294 g/mol. The second-order valence-corrected chi connectivity index (χ2v) is 4.94. The van der Waals surface area contributed by atoms with Crippen LogP contribution in [0.4, 0.5) is 0 Å². The van der Waals surface area contributed by atoms with E-state index in [1.165, 1.54) is 0 Å². The molecule has 0 fully saturated rings. The van der Waals surface area contributed by atoms with Crippen LogP contribution in [0.2, 0.25) is 0 Å². The van der Waals surface area contributed by atoms with E-state index in [9.17, 15) is 0 Å². The SMILES string of the molecule is CNC(C)Cc1cn(-c2cccc(Br)c2)nn1. The number of rotatable bonds is 4. The highest BCUT2D eigenvalue weighted by Crippen LogP contribution is 2.14. The van der Waals surface area contributed by atoms with Gasteiger partial charge in [-0.25, -0.2) is 4.68 Å². The summed E-state index contributed by atoms with van der Waals surface area (Å²) in [6, 6.07) is 8.40. The molecule has 2 rings (SSSR count). The van der Waals surface area contributed by atoms with Crippen LogP contribution in [0.1, 0.15) is 12.6 Å². The van der Waals surface area contributed by atoms with E-state index in [1.54, 1.807) is 4.68 Å². The van der Waals surface area contributed by atoms with Crippen molar-refractivity contribution < 1.29 is 0 Å². The molecule has 0 aliphatic heterocycles. The first kappa shape index (κ1) is 12.3. The van der Waals surface area contributed by atoms with Crippen molar-refractivity contribution in [1.82, 2.24) is 20.3 Å². The Hall–Kier alpha value is -1.20. The average molecular weight is 295 g/mol. The Bertz CT molecular complexity index is 495. The van der Waals surface area contributed by atoms with Crippen LogP contribution >= 0.6 is 15.9 Å². The topological polar surface area (TPSA) is 42.7 Å². The van der Waals surface area contributed by atoms with E-state index in [0.717, 1.165) is 22.3 Å². The van der Waals surface area contributed by atoms with Crippen LogP contribution < -0.4 is 5.32 Å². The predicted molar refractivity (Wildman–Crippen MR) is 71.3 cm³/mol. The molecule has 1 aromatic heterocycles. The summed E-state index contributed by atoms with van der Waals surface area (Å²) in [5.41, 5.74) is 2.00. The van der Waals surface area contributed by atoms with Crippen LogP contribution in [0.5, 0.6) is 0 Å². The molecule has 1 aromatic carbocycles. The maximum atomic E-state index is 4.17. The highest BCUT2D eigenvalue weighted by atomic mass is 79.9. The molecule has 0 bridgehead atoms. The summed E-state index contributed by atoms with van der Waals surface area (Å²) in [6.07, 6.45) is 2.85. The molecular formula is C12H15BrN4. The minimum Gasteiger partial charge on any atom is -0.317 e. The highest BCUT2D eigenvalue weighted by Gasteiger charge is 2.06. The molecule has 5 heteroatoms. The summed E-state index contributed by atoms with van der Waals surface area (Å²) < 4.78 is 2.83. The van der Waals surface area contributed by atoms with E-state index >= 15 is 0 Å². The van der Waals surface area contributed by atoms with Gasteiger partial charge in [0.1, 0.15) is 0 Å². The van der Waals surface area contributed by atoms with Crippen molar-refractivity contribution in [2.45, 2.75) is 19.4 Å². The first-order valence-electron chi connectivity index (χ1n) is 5.53. The molecule has 17 heavy (non-hydrogen) atoms. The van der Waals surface area contributed by atoms with Gasteiger partial charge in [-0.15, -0.1) is 5.10 Å². The molecule has 0 amide bonds. The van der Waals surface area contributed by atoms with Gasteiger partial charge in [-0.2, -0.15) is 0 Å². The van der Waals surface area contributed by atoms with Crippen LogP contribution in [-0.4, -0.2) is 28.1 Å². The number of hydrogen-bond acceptors (Lipinski definition) is 3. The van der Waals surface area contributed by atoms with Gasteiger partial charge in [-0.3, -0.25) is 0 Å². The van der Waals surface area contributed by atoms with Gasteiger partial charge in [0, 0.05) is 16.9 Å². The molecule has 0 saturated carbocycles. The summed E-state index contributed by atoms with van der Waals surface area (Å²) in [6.45, 7) is 2.12. The third kappa shape index (κ3) is 3.14. The van der Waals surface area contributed by atoms with Gasteiger partial charge in [-0.05, 0) is 32.2 Å². The predicted octanol–water partition coefficient (Wildman–Crippen LogP) is 2.18. The van der Waals surface area contributed by atoms with Gasteiger partial charge in [0.25, 0.3) is 0 Å². The third-order valence-corrected chi connectivity index (χ3v) is 3.11. The first-order chi connectivity index (χ1) is 8.19. The molecule has 90 valence electrons. The fourth-order valence-electron chi connectivity index (χ4n) is 1.55. The minimum atomic E-state index is 0.405. The molecule has 2 aromatic rings. The Morgan fingerprint density at radius 2 is 2.29 bits per heavy atom. The Morgan fingerprint density at radius 3 is 3.00 bits per heavy atom. The molecule has 1 heterocycles. The molecule has 0 saturated heterocycles. The molecule has 4 nitrogen and oxygen atoms in total. The number of likely N-dealkylation sites (N-methyl/N-ethyl adjacent to an activating group) is 1. The number of nitrogens with zero attached hydrogens (tertiary/aromatic N) is 3. The maximum absolute atomic E-state index is 4.17. The maximum Gasteiger partial charge on any atom is 0.0847 e.